The van der Waals surface area contributed by atoms with Crippen LogP contribution in [0.15, 0.2) is 48.5 Å². The summed E-state index contributed by atoms with van der Waals surface area (Å²) >= 11 is 0. The quantitative estimate of drug-likeness (QED) is 0.718. The van der Waals surface area contributed by atoms with Crippen LogP contribution in [-0.2, 0) is 0 Å². The molecule has 0 atom stereocenters. The van der Waals surface area contributed by atoms with Gasteiger partial charge in [-0.15, -0.1) is 0 Å². The van der Waals surface area contributed by atoms with Gasteiger partial charge in [0.05, 0.1) is 0 Å². The molecule has 4 heteroatoms. The molecule has 0 spiro atoms. The van der Waals surface area contributed by atoms with Crippen LogP contribution in [0.2, 0.25) is 0 Å². The first-order chi connectivity index (χ1) is 10.5. The zero-order valence-corrected chi connectivity index (χ0v) is 12.4. The van der Waals surface area contributed by atoms with Crippen molar-refractivity contribution in [2.24, 2.45) is 0 Å². The van der Waals surface area contributed by atoms with Gasteiger partial charge in [-0.3, -0.25) is 9.59 Å². The molecule has 1 heterocycles. The lowest BCUT2D eigenvalue weighted by Gasteiger charge is -2.05. The first-order valence-electron chi connectivity index (χ1n) is 7.05. The summed E-state index contributed by atoms with van der Waals surface area (Å²) in [5, 5.41) is 3.81. The van der Waals surface area contributed by atoms with Crippen molar-refractivity contribution in [2.75, 3.05) is 5.32 Å². The van der Waals surface area contributed by atoms with Crippen LogP contribution in [0.1, 0.15) is 33.3 Å². The lowest BCUT2D eigenvalue weighted by atomic mass is 10.1. The normalized spacial score (nSPS) is 10.6. The molecule has 0 saturated heterocycles. The van der Waals surface area contributed by atoms with E-state index >= 15 is 0 Å². The standard InChI is InChI=1S/C18H16N2O2/c1-11-5-3-7-14-10-16(20-17(11)14)18(22)19-15-8-4-6-13(9-15)12(2)21/h3-10,20H,1-2H3,(H,19,22). The van der Waals surface area contributed by atoms with Crippen molar-refractivity contribution in [2.45, 2.75) is 13.8 Å². The average Bonchev–Trinajstić information content (AvgIpc) is 2.93. The number of ketones is 1. The van der Waals surface area contributed by atoms with Crippen molar-refractivity contribution in [1.29, 1.82) is 0 Å². The summed E-state index contributed by atoms with van der Waals surface area (Å²) in [6.45, 7) is 3.50. The summed E-state index contributed by atoms with van der Waals surface area (Å²) in [6, 6.07) is 14.7. The van der Waals surface area contributed by atoms with Gasteiger partial charge >= 0.3 is 0 Å². The second kappa shape index (κ2) is 5.48. The Kier molecular flexibility index (Phi) is 3.51. The van der Waals surface area contributed by atoms with Crippen molar-refractivity contribution < 1.29 is 9.59 Å². The molecule has 0 aliphatic carbocycles. The maximum Gasteiger partial charge on any atom is 0.272 e. The zero-order chi connectivity index (χ0) is 15.7. The molecule has 4 nitrogen and oxygen atoms in total. The Labute approximate surface area is 128 Å². The number of hydrogen-bond acceptors (Lipinski definition) is 2. The van der Waals surface area contributed by atoms with E-state index in [4.69, 9.17) is 0 Å². The highest BCUT2D eigenvalue weighted by atomic mass is 16.2. The Morgan fingerprint density at radius 3 is 2.55 bits per heavy atom. The first kappa shape index (κ1) is 14.1. The van der Waals surface area contributed by atoms with Crippen LogP contribution < -0.4 is 5.32 Å². The molecule has 2 N–H and O–H groups in total. The fourth-order valence-corrected chi connectivity index (χ4v) is 2.44. The second-order valence-corrected chi connectivity index (χ2v) is 5.31. The molecule has 0 unspecified atom stereocenters. The molecule has 0 aliphatic heterocycles. The number of fused-ring (bicyclic) bond motifs is 1. The Balaban J connectivity index is 1.88. The van der Waals surface area contributed by atoms with Gasteiger partial charge in [0.1, 0.15) is 5.69 Å². The van der Waals surface area contributed by atoms with Crippen molar-refractivity contribution in [1.82, 2.24) is 4.98 Å². The topological polar surface area (TPSA) is 62.0 Å². The number of aryl methyl sites for hydroxylation is 1. The fraction of sp³-hybridized carbons (Fsp3) is 0.111. The molecular weight excluding hydrogens is 276 g/mol. The predicted molar refractivity (Wildman–Crippen MR) is 87.4 cm³/mol. The Bertz CT molecular complexity index is 878. The largest absolute Gasteiger partial charge is 0.350 e. The van der Waals surface area contributed by atoms with Crippen LogP contribution in [0.4, 0.5) is 5.69 Å². The van der Waals surface area contributed by atoms with Gasteiger partial charge < -0.3 is 10.3 Å². The minimum atomic E-state index is -0.226. The fourth-order valence-electron chi connectivity index (χ4n) is 2.44. The number of rotatable bonds is 3. The number of Topliss-reactive ketones (excluding diaryl/α,β-unsaturated/α-hetero) is 1. The molecule has 0 saturated carbocycles. The van der Waals surface area contributed by atoms with Crippen molar-refractivity contribution in [3.8, 4) is 0 Å². The van der Waals surface area contributed by atoms with Crippen LogP contribution >= 0.6 is 0 Å². The van der Waals surface area contributed by atoms with E-state index in [1.165, 1.54) is 6.92 Å². The number of anilines is 1. The van der Waals surface area contributed by atoms with E-state index in [1.54, 1.807) is 24.3 Å². The molecule has 0 aliphatic rings. The van der Waals surface area contributed by atoms with Crippen molar-refractivity contribution in [3.63, 3.8) is 0 Å². The summed E-state index contributed by atoms with van der Waals surface area (Å²) < 4.78 is 0. The molecule has 0 bridgehead atoms. The molecular formula is C18H16N2O2. The molecule has 22 heavy (non-hydrogen) atoms. The summed E-state index contributed by atoms with van der Waals surface area (Å²) in [7, 11) is 0. The maximum absolute atomic E-state index is 12.3. The lowest BCUT2D eigenvalue weighted by Crippen LogP contribution is -2.12. The SMILES string of the molecule is CC(=O)c1cccc(NC(=O)c2cc3cccc(C)c3[nH]2)c1. The van der Waals surface area contributed by atoms with Gasteiger partial charge in [-0.25, -0.2) is 0 Å². The van der Waals surface area contributed by atoms with Crippen molar-refractivity contribution in [3.05, 3.63) is 65.4 Å². The summed E-state index contributed by atoms with van der Waals surface area (Å²) in [6.07, 6.45) is 0. The van der Waals surface area contributed by atoms with E-state index in [2.05, 4.69) is 10.3 Å². The highest BCUT2D eigenvalue weighted by Gasteiger charge is 2.11. The van der Waals surface area contributed by atoms with Crippen LogP contribution in [-0.4, -0.2) is 16.7 Å². The van der Waals surface area contributed by atoms with Gasteiger partial charge in [-0.2, -0.15) is 0 Å². The molecule has 1 aromatic heterocycles. The number of carbonyl (C=O) groups is 2. The number of carbonyl (C=O) groups excluding carboxylic acids is 2. The number of para-hydroxylation sites is 1. The number of benzene rings is 2. The van der Waals surface area contributed by atoms with Crippen LogP contribution in [0.25, 0.3) is 10.9 Å². The third-order valence-corrected chi connectivity index (χ3v) is 3.64. The number of hydrogen-bond donors (Lipinski definition) is 2. The summed E-state index contributed by atoms with van der Waals surface area (Å²) in [4.78, 5) is 26.9. The van der Waals surface area contributed by atoms with Gasteiger partial charge in [0.2, 0.25) is 0 Å². The van der Waals surface area contributed by atoms with E-state index in [9.17, 15) is 9.59 Å². The number of nitrogens with one attached hydrogen (secondary N) is 2. The van der Waals surface area contributed by atoms with Gasteiger partial charge in [0.15, 0.2) is 5.78 Å². The Hall–Kier alpha value is -2.88. The van der Waals surface area contributed by atoms with Gasteiger partial charge in [-0.05, 0) is 37.6 Å². The monoisotopic (exact) mass is 292 g/mol. The number of aromatic nitrogens is 1. The number of aromatic amines is 1. The average molecular weight is 292 g/mol. The smallest absolute Gasteiger partial charge is 0.272 e. The molecule has 3 rings (SSSR count). The second-order valence-electron chi connectivity index (χ2n) is 5.31. The highest BCUT2D eigenvalue weighted by Crippen LogP contribution is 2.20. The molecule has 110 valence electrons. The minimum Gasteiger partial charge on any atom is -0.350 e. The maximum atomic E-state index is 12.3. The van der Waals surface area contributed by atoms with Crippen molar-refractivity contribution >= 4 is 28.3 Å². The minimum absolute atomic E-state index is 0.0302. The predicted octanol–water partition coefficient (Wildman–Crippen LogP) is 3.93. The van der Waals surface area contributed by atoms with E-state index in [0.717, 1.165) is 16.5 Å². The van der Waals surface area contributed by atoms with Crippen LogP contribution in [0, 0.1) is 6.92 Å². The lowest BCUT2D eigenvalue weighted by molar-refractivity contribution is 0.100. The van der Waals surface area contributed by atoms with Crippen LogP contribution in [0.5, 0.6) is 0 Å². The molecule has 0 radical (unpaired) electrons. The first-order valence-corrected chi connectivity index (χ1v) is 7.05. The highest BCUT2D eigenvalue weighted by molar-refractivity contribution is 6.06. The number of amides is 1. The Morgan fingerprint density at radius 2 is 1.82 bits per heavy atom. The molecule has 0 fully saturated rings. The van der Waals surface area contributed by atoms with E-state index in [1.807, 2.05) is 31.2 Å². The summed E-state index contributed by atoms with van der Waals surface area (Å²) in [5.41, 5.74) is 3.73. The van der Waals surface area contributed by atoms with Gasteiger partial charge in [0, 0.05) is 22.2 Å². The number of H-pyrrole nitrogens is 1. The summed E-state index contributed by atoms with van der Waals surface area (Å²) in [5.74, 6) is -0.256. The molecule has 1 amide bonds. The van der Waals surface area contributed by atoms with Gasteiger partial charge in [-0.1, -0.05) is 30.3 Å². The third kappa shape index (κ3) is 2.63. The zero-order valence-electron chi connectivity index (χ0n) is 12.4. The van der Waals surface area contributed by atoms with Gasteiger partial charge in [0.25, 0.3) is 5.91 Å². The third-order valence-electron chi connectivity index (χ3n) is 3.64. The molecule has 3 aromatic rings. The van der Waals surface area contributed by atoms with E-state index in [-0.39, 0.29) is 11.7 Å². The Morgan fingerprint density at radius 1 is 1.05 bits per heavy atom. The molecule has 2 aromatic carbocycles. The van der Waals surface area contributed by atoms with Crippen LogP contribution in [0.3, 0.4) is 0 Å². The van der Waals surface area contributed by atoms with E-state index in [0.29, 0.717) is 16.9 Å². The van der Waals surface area contributed by atoms with E-state index < -0.39 is 0 Å².